The molecule has 0 aliphatic carbocycles. The maximum Gasteiger partial charge on any atom is 0.276 e. The molecule has 0 atom stereocenters. The summed E-state index contributed by atoms with van der Waals surface area (Å²) in [5, 5.41) is 14.5. The van der Waals surface area contributed by atoms with Crippen LogP contribution in [-0.2, 0) is 11.3 Å². The Hall–Kier alpha value is -2.37. The fraction of sp³-hybridized carbons (Fsp3) is 0.0625. The number of nitro benzene ring substituents is 1. The van der Waals surface area contributed by atoms with E-state index in [2.05, 4.69) is 5.32 Å². The summed E-state index contributed by atoms with van der Waals surface area (Å²) >= 11 is 11.8. The van der Waals surface area contributed by atoms with Crippen molar-refractivity contribution in [2.24, 2.45) is 0 Å². The van der Waals surface area contributed by atoms with Gasteiger partial charge in [0, 0.05) is 28.7 Å². The molecule has 1 amide bonds. The molecular formula is C16H12Cl2N2O3. The summed E-state index contributed by atoms with van der Waals surface area (Å²) in [7, 11) is 0. The van der Waals surface area contributed by atoms with Crippen LogP contribution in [0.3, 0.4) is 0 Å². The van der Waals surface area contributed by atoms with Gasteiger partial charge < -0.3 is 5.32 Å². The molecule has 23 heavy (non-hydrogen) atoms. The molecule has 0 aromatic heterocycles. The van der Waals surface area contributed by atoms with E-state index < -0.39 is 4.92 Å². The average molecular weight is 351 g/mol. The van der Waals surface area contributed by atoms with Crippen LogP contribution in [0.15, 0.2) is 48.5 Å². The van der Waals surface area contributed by atoms with Gasteiger partial charge in [0.15, 0.2) is 0 Å². The molecule has 0 saturated heterocycles. The van der Waals surface area contributed by atoms with Crippen molar-refractivity contribution in [2.45, 2.75) is 6.54 Å². The number of para-hydroxylation sites is 1. The molecule has 2 rings (SSSR count). The van der Waals surface area contributed by atoms with Gasteiger partial charge >= 0.3 is 0 Å². The molecule has 0 heterocycles. The monoisotopic (exact) mass is 350 g/mol. The molecule has 0 radical (unpaired) electrons. The lowest BCUT2D eigenvalue weighted by Gasteiger charge is -2.05. The number of halogens is 2. The number of hydrogen-bond donors (Lipinski definition) is 1. The Morgan fingerprint density at radius 1 is 1.22 bits per heavy atom. The lowest BCUT2D eigenvalue weighted by Crippen LogP contribution is -2.20. The van der Waals surface area contributed by atoms with E-state index in [9.17, 15) is 14.9 Å². The minimum Gasteiger partial charge on any atom is -0.348 e. The SMILES string of the molecule is O=C(/C=C/c1ccccc1[N+](=O)[O-])NCc1ccc(Cl)cc1Cl. The lowest BCUT2D eigenvalue weighted by atomic mass is 10.1. The summed E-state index contributed by atoms with van der Waals surface area (Å²) in [5.74, 6) is -0.380. The molecule has 0 aliphatic rings. The number of rotatable bonds is 5. The Morgan fingerprint density at radius 3 is 2.65 bits per heavy atom. The standard InChI is InChI=1S/C16H12Cl2N2O3/c17-13-7-5-12(14(18)9-13)10-19-16(21)8-6-11-3-1-2-4-15(11)20(22)23/h1-9H,10H2,(H,19,21)/b8-6+. The van der Waals surface area contributed by atoms with Crippen molar-refractivity contribution in [1.29, 1.82) is 0 Å². The van der Waals surface area contributed by atoms with E-state index in [1.54, 1.807) is 36.4 Å². The molecular weight excluding hydrogens is 339 g/mol. The minimum absolute atomic E-state index is 0.0581. The summed E-state index contributed by atoms with van der Waals surface area (Å²) < 4.78 is 0. The van der Waals surface area contributed by atoms with Crippen LogP contribution in [0.25, 0.3) is 6.08 Å². The Kier molecular flexibility index (Phi) is 5.73. The van der Waals surface area contributed by atoms with E-state index in [-0.39, 0.29) is 18.1 Å². The third-order valence-electron chi connectivity index (χ3n) is 3.02. The number of hydrogen-bond acceptors (Lipinski definition) is 3. The molecule has 118 valence electrons. The average Bonchev–Trinajstić information content (AvgIpc) is 2.52. The van der Waals surface area contributed by atoms with Crippen LogP contribution >= 0.6 is 23.2 Å². The highest BCUT2D eigenvalue weighted by molar-refractivity contribution is 6.35. The normalized spacial score (nSPS) is 10.7. The van der Waals surface area contributed by atoms with Crippen LogP contribution in [0.5, 0.6) is 0 Å². The zero-order chi connectivity index (χ0) is 16.8. The Bertz CT molecular complexity index is 776. The van der Waals surface area contributed by atoms with Gasteiger partial charge in [-0.05, 0) is 29.8 Å². The van der Waals surface area contributed by atoms with Crippen molar-refractivity contribution in [2.75, 3.05) is 0 Å². The van der Waals surface area contributed by atoms with Crippen molar-refractivity contribution in [3.63, 3.8) is 0 Å². The second-order valence-electron chi connectivity index (χ2n) is 4.60. The zero-order valence-corrected chi connectivity index (χ0v) is 13.3. The predicted molar refractivity (Wildman–Crippen MR) is 90.4 cm³/mol. The molecule has 7 heteroatoms. The van der Waals surface area contributed by atoms with Gasteiger partial charge in [-0.1, -0.05) is 41.4 Å². The number of nitrogens with one attached hydrogen (secondary N) is 1. The van der Waals surface area contributed by atoms with E-state index in [0.29, 0.717) is 15.6 Å². The van der Waals surface area contributed by atoms with E-state index in [1.807, 2.05) is 0 Å². The van der Waals surface area contributed by atoms with Crippen molar-refractivity contribution in [1.82, 2.24) is 5.32 Å². The largest absolute Gasteiger partial charge is 0.348 e. The quantitative estimate of drug-likeness (QED) is 0.498. The highest BCUT2D eigenvalue weighted by atomic mass is 35.5. The second kappa shape index (κ2) is 7.76. The third kappa shape index (κ3) is 4.81. The molecule has 0 fully saturated rings. The molecule has 0 bridgehead atoms. The van der Waals surface area contributed by atoms with Gasteiger partial charge in [0.25, 0.3) is 5.69 Å². The van der Waals surface area contributed by atoms with E-state index in [1.165, 1.54) is 18.2 Å². The summed E-state index contributed by atoms with van der Waals surface area (Å²) in [5.41, 5.74) is 1.03. The Morgan fingerprint density at radius 2 is 1.96 bits per heavy atom. The van der Waals surface area contributed by atoms with Crippen LogP contribution < -0.4 is 5.32 Å². The Labute approximate surface area is 142 Å². The first kappa shape index (κ1) is 17.0. The van der Waals surface area contributed by atoms with Crippen molar-refractivity contribution in [3.8, 4) is 0 Å². The lowest BCUT2D eigenvalue weighted by molar-refractivity contribution is -0.385. The molecule has 1 N–H and O–H groups in total. The van der Waals surface area contributed by atoms with Gasteiger partial charge in [0.05, 0.1) is 10.5 Å². The highest BCUT2D eigenvalue weighted by Gasteiger charge is 2.09. The number of carbonyl (C=O) groups excluding carboxylic acids is 1. The van der Waals surface area contributed by atoms with Crippen molar-refractivity contribution in [3.05, 3.63) is 79.8 Å². The first-order chi connectivity index (χ1) is 11.0. The third-order valence-corrected chi connectivity index (χ3v) is 3.60. The summed E-state index contributed by atoms with van der Waals surface area (Å²) in [6.07, 6.45) is 2.64. The van der Waals surface area contributed by atoms with Gasteiger partial charge in [-0.15, -0.1) is 0 Å². The van der Waals surface area contributed by atoms with Crippen LogP contribution in [0, 0.1) is 10.1 Å². The van der Waals surface area contributed by atoms with Gasteiger partial charge in [0.1, 0.15) is 0 Å². The predicted octanol–water partition coefficient (Wildman–Crippen LogP) is 4.23. The van der Waals surface area contributed by atoms with Crippen LogP contribution in [0.1, 0.15) is 11.1 Å². The van der Waals surface area contributed by atoms with Gasteiger partial charge in [-0.25, -0.2) is 0 Å². The van der Waals surface area contributed by atoms with E-state index >= 15 is 0 Å². The number of carbonyl (C=O) groups is 1. The number of nitrogens with zero attached hydrogens (tertiary/aromatic N) is 1. The number of nitro groups is 1. The highest BCUT2D eigenvalue weighted by Crippen LogP contribution is 2.21. The van der Waals surface area contributed by atoms with Gasteiger partial charge in [0.2, 0.25) is 5.91 Å². The first-order valence-electron chi connectivity index (χ1n) is 6.60. The maximum absolute atomic E-state index is 11.8. The van der Waals surface area contributed by atoms with E-state index in [0.717, 1.165) is 5.56 Å². The molecule has 2 aromatic carbocycles. The molecule has 0 aliphatic heterocycles. The summed E-state index contributed by atoms with van der Waals surface area (Å²) in [4.78, 5) is 22.2. The maximum atomic E-state index is 11.8. The molecule has 0 saturated carbocycles. The molecule has 5 nitrogen and oxygen atoms in total. The van der Waals surface area contributed by atoms with Crippen LogP contribution in [0.4, 0.5) is 5.69 Å². The topological polar surface area (TPSA) is 72.2 Å². The molecule has 0 unspecified atom stereocenters. The minimum atomic E-state index is -0.495. The first-order valence-corrected chi connectivity index (χ1v) is 7.36. The van der Waals surface area contributed by atoms with E-state index in [4.69, 9.17) is 23.2 Å². The van der Waals surface area contributed by atoms with Crippen LogP contribution in [-0.4, -0.2) is 10.8 Å². The smallest absolute Gasteiger partial charge is 0.276 e. The Balaban J connectivity index is 2.01. The summed E-state index contributed by atoms with van der Waals surface area (Å²) in [6.45, 7) is 0.232. The van der Waals surface area contributed by atoms with Gasteiger partial charge in [-0.2, -0.15) is 0 Å². The van der Waals surface area contributed by atoms with Crippen molar-refractivity contribution < 1.29 is 9.72 Å². The fourth-order valence-corrected chi connectivity index (χ4v) is 2.34. The van der Waals surface area contributed by atoms with Crippen LogP contribution in [0.2, 0.25) is 10.0 Å². The second-order valence-corrected chi connectivity index (χ2v) is 5.45. The number of benzene rings is 2. The summed E-state index contributed by atoms with van der Waals surface area (Å²) in [6, 6.07) is 11.2. The zero-order valence-electron chi connectivity index (χ0n) is 11.8. The molecule has 0 spiro atoms. The fourth-order valence-electron chi connectivity index (χ4n) is 1.87. The van der Waals surface area contributed by atoms with Gasteiger partial charge in [-0.3, -0.25) is 14.9 Å². The molecule has 2 aromatic rings. The number of amides is 1. The van der Waals surface area contributed by atoms with Crippen molar-refractivity contribution >= 4 is 40.9 Å².